The summed E-state index contributed by atoms with van der Waals surface area (Å²) in [6.45, 7) is 3.36. The van der Waals surface area contributed by atoms with Gasteiger partial charge in [-0.3, -0.25) is 4.79 Å². The van der Waals surface area contributed by atoms with Crippen LogP contribution in [0.2, 0.25) is 0 Å². The molecule has 120 valence electrons. The predicted octanol–water partition coefficient (Wildman–Crippen LogP) is 2.85. The highest BCUT2D eigenvalue weighted by Gasteiger charge is 2.28. The summed E-state index contributed by atoms with van der Waals surface area (Å²) in [6, 6.07) is 0.306. The van der Waals surface area contributed by atoms with Crippen molar-refractivity contribution in [3.63, 3.8) is 0 Å². The molecular formula is C16H28N2O3. The third-order valence-corrected chi connectivity index (χ3v) is 5.00. The van der Waals surface area contributed by atoms with Crippen LogP contribution in [0.15, 0.2) is 0 Å². The Morgan fingerprint density at radius 1 is 1.10 bits per heavy atom. The highest BCUT2D eigenvalue weighted by Crippen LogP contribution is 2.28. The molecule has 1 heterocycles. The average Bonchev–Trinajstić information content (AvgIpc) is 2.49. The van der Waals surface area contributed by atoms with Crippen molar-refractivity contribution in [3.8, 4) is 0 Å². The van der Waals surface area contributed by atoms with Gasteiger partial charge in [0.05, 0.1) is 5.92 Å². The molecule has 0 aromatic carbocycles. The van der Waals surface area contributed by atoms with Crippen LogP contribution in [0.1, 0.15) is 58.3 Å². The molecule has 0 atom stereocenters. The molecule has 1 aliphatic heterocycles. The molecule has 0 aromatic heterocycles. The molecule has 0 radical (unpaired) electrons. The van der Waals surface area contributed by atoms with E-state index in [0.29, 0.717) is 32.0 Å². The van der Waals surface area contributed by atoms with Gasteiger partial charge in [0.1, 0.15) is 0 Å². The fraction of sp³-hybridized carbons (Fsp3) is 0.875. The quantitative estimate of drug-likeness (QED) is 0.838. The first-order valence-electron chi connectivity index (χ1n) is 8.38. The Labute approximate surface area is 127 Å². The number of rotatable bonds is 4. The minimum atomic E-state index is -0.732. The van der Waals surface area contributed by atoms with Crippen molar-refractivity contribution in [2.45, 2.75) is 64.3 Å². The predicted molar refractivity (Wildman–Crippen MR) is 81.1 cm³/mol. The molecule has 2 fully saturated rings. The van der Waals surface area contributed by atoms with Crippen molar-refractivity contribution in [1.29, 1.82) is 0 Å². The number of carboxylic acids is 1. The number of amides is 2. The van der Waals surface area contributed by atoms with Gasteiger partial charge in [-0.1, -0.05) is 19.8 Å². The van der Waals surface area contributed by atoms with Crippen LogP contribution < -0.4 is 5.32 Å². The van der Waals surface area contributed by atoms with Crippen LogP contribution in [0.25, 0.3) is 0 Å². The lowest BCUT2D eigenvalue weighted by molar-refractivity contribution is -0.143. The Hall–Kier alpha value is -1.26. The standard InChI is InChI=1S/C16H28N2O3/c1-2-3-12-4-6-14(7-5-12)17-16(21)18-10-8-13(9-11-18)15(19)20/h12-14H,2-11H2,1H3,(H,17,21)(H,19,20). The Morgan fingerprint density at radius 2 is 1.71 bits per heavy atom. The third kappa shape index (κ3) is 4.61. The maximum atomic E-state index is 12.2. The van der Waals surface area contributed by atoms with Gasteiger partial charge in [0.15, 0.2) is 0 Å². The lowest BCUT2D eigenvalue weighted by Crippen LogP contribution is -2.49. The fourth-order valence-electron chi connectivity index (χ4n) is 3.60. The average molecular weight is 296 g/mol. The number of hydrogen-bond acceptors (Lipinski definition) is 2. The van der Waals surface area contributed by atoms with Crippen LogP contribution in [0, 0.1) is 11.8 Å². The minimum Gasteiger partial charge on any atom is -0.481 e. The summed E-state index contributed by atoms with van der Waals surface area (Å²) < 4.78 is 0. The topological polar surface area (TPSA) is 69.6 Å². The summed E-state index contributed by atoms with van der Waals surface area (Å²) in [7, 11) is 0. The highest BCUT2D eigenvalue weighted by molar-refractivity contribution is 5.75. The number of carbonyl (C=O) groups excluding carboxylic acids is 1. The molecule has 2 N–H and O–H groups in total. The first kappa shape index (κ1) is 16.1. The smallest absolute Gasteiger partial charge is 0.317 e. The number of nitrogens with one attached hydrogen (secondary N) is 1. The van der Waals surface area contributed by atoms with Gasteiger partial charge in [-0.05, 0) is 44.4 Å². The SMILES string of the molecule is CCCC1CCC(NC(=O)N2CCC(C(=O)O)CC2)CC1. The van der Waals surface area contributed by atoms with E-state index in [0.717, 1.165) is 18.8 Å². The molecule has 0 bridgehead atoms. The normalized spacial score (nSPS) is 27.4. The molecule has 1 aliphatic carbocycles. The van der Waals surface area contributed by atoms with Gasteiger partial charge in [-0.2, -0.15) is 0 Å². The van der Waals surface area contributed by atoms with Gasteiger partial charge in [0.25, 0.3) is 0 Å². The number of hydrogen-bond donors (Lipinski definition) is 2. The number of carbonyl (C=O) groups is 2. The van der Waals surface area contributed by atoms with E-state index >= 15 is 0 Å². The van der Waals surface area contributed by atoms with Crippen LogP contribution in [0.3, 0.4) is 0 Å². The maximum absolute atomic E-state index is 12.2. The number of urea groups is 1. The number of piperidine rings is 1. The molecule has 0 unspecified atom stereocenters. The first-order valence-corrected chi connectivity index (χ1v) is 8.38. The van der Waals surface area contributed by atoms with E-state index in [-0.39, 0.29) is 11.9 Å². The second-order valence-electron chi connectivity index (χ2n) is 6.56. The zero-order valence-electron chi connectivity index (χ0n) is 13.0. The Bertz CT molecular complexity index is 357. The second kappa shape index (κ2) is 7.66. The highest BCUT2D eigenvalue weighted by atomic mass is 16.4. The molecule has 0 spiro atoms. The monoisotopic (exact) mass is 296 g/mol. The van der Waals surface area contributed by atoms with Crippen molar-refractivity contribution in [2.24, 2.45) is 11.8 Å². The molecule has 2 aliphatic rings. The zero-order chi connectivity index (χ0) is 15.2. The van der Waals surface area contributed by atoms with Gasteiger partial charge in [0, 0.05) is 19.1 Å². The van der Waals surface area contributed by atoms with Crippen LogP contribution in [0.4, 0.5) is 4.79 Å². The summed E-state index contributed by atoms with van der Waals surface area (Å²) in [4.78, 5) is 24.9. The summed E-state index contributed by atoms with van der Waals surface area (Å²) in [5.41, 5.74) is 0. The van der Waals surface area contributed by atoms with E-state index in [9.17, 15) is 9.59 Å². The summed E-state index contributed by atoms with van der Waals surface area (Å²) in [5.74, 6) is -0.169. The molecule has 2 rings (SSSR count). The maximum Gasteiger partial charge on any atom is 0.317 e. The van der Waals surface area contributed by atoms with Crippen molar-refractivity contribution in [3.05, 3.63) is 0 Å². The molecule has 5 heteroatoms. The van der Waals surface area contributed by atoms with E-state index in [4.69, 9.17) is 5.11 Å². The minimum absolute atomic E-state index is 0.00206. The van der Waals surface area contributed by atoms with E-state index in [2.05, 4.69) is 12.2 Å². The van der Waals surface area contributed by atoms with Crippen molar-refractivity contribution < 1.29 is 14.7 Å². The molecule has 5 nitrogen and oxygen atoms in total. The number of aliphatic carboxylic acids is 1. The summed E-state index contributed by atoms with van der Waals surface area (Å²) >= 11 is 0. The van der Waals surface area contributed by atoms with Crippen molar-refractivity contribution in [1.82, 2.24) is 10.2 Å². The Balaban J connectivity index is 1.70. The largest absolute Gasteiger partial charge is 0.481 e. The van der Waals surface area contributed by atoms with Crippen molar-refractivity contribution >= 4 is 12.0 Å². The Kier molecular flexibility index (Phi) is 5.88. The van der Waals surface area contributed by atoms with Crippen LogP contribution >= 0.6 is 0 Å². The molecule has 2 amide bonds. The third-order valence-electron chi connectivity index (χ3n) is 5.00. The number of carboxylic acid groups (broad SMARTS) is 1. The molecule has 0 aromatic rings. The molecular weight excluding hydrogens is 268 g/mol. The van der Waals surface area contributed by atoms with Crippen LogP contribution in [-0.2, 0) is 4.79 Å². The summed E-state index contributed by atoms with van der Waals surface area (Å²) in [6.07, 6.45) is 8.32. The van der Waals surface area contributed by atoms with Crippen molar-refractivity contribution in [2.75, 3.05) is 13.1 Å². The van der Waals surface area contributed by atoms with E-state index in [1.165, 1.54) is 25.7 Å². The van der Waals surface area contributed by atoms with Gasteiger partial charge in [-0.15, -0.1) is 0 Å². The van der Waals surface area contributed by atoms with E-state index in [1.54, 1.807) is 4.90 Å². The molecule has 21 heavy (non-hydrogen) atoms. The van der Waals surface area contributed by atoms with Gasteiger partial charge < -0.3 is 15.3 Å². The number of nitrogens with zero attached hydrogens (tertiary/aromatic N) is 1. The van der Waals surface area contributed by atoms with Crippen LogP contribution in [-0.4, -0.2) is 41.1 Å². The lowest BCUT2D eigenvalue weighted by atomic mass is 9.83. The summed E-state index contributed by atoms with van der Waals surface area (Å²) in [5, 5.41) is 12.1. The molecule has 1 saturated carbocycles. The van der Waals surface area contributed by atoms with Gasteiger partial charge in [-0.25, -0.2) is 4.79 Å². The van der Waals surface area contributed by atoms with Crippen LogP contribution in [0.5, 0.6) is 0 Å². The van der Waals surface area contributed by atoms with Gasteiger partial charge in [0.2, 0.25) is 0 Å². The van der Waals surface area contributed by atoms with E-state index in [1.807, 2.05) is 0 Å². The Morgan fingerprint density at radius 3 is 2.24 bits per heavy atom. The fourth-order valence-corrected chi connectivity index (χ4v) is 3.60. The lowest BCUT2D eigenvalue weighted by Gasteiger charge is -2.34. The zero-order valence-corrected chi connectivity index (χ0v) is 13.0. The second-order valence-corrected chi connectivity index (χ2v) is 6.56. The van der Waals surface area contributed by atoms with E-state index < -0.39 is 5.97 Å². The van der Waals surface area contributed by atoms with Gasteiger partial charge >= 0.3 is 12.0 Å². The number of likely N-dealkylation sites (tertiary alicyclic amines) is 1. The first-order chi connectivity index (χ1) is 10.1. The molecule has 1 saturated heterocycles.